The van der Waals surface area contributed by atoms with Gasteiger partial charge in [-0.3, -0.25) is 0 Å². The minimum absolute atomic E-state index is 0.173. The molecule has 2 heterocycles. The number of esters is 1. The monoisotopic (exact) mass is 461 g/mol. The summed E-state index contributed by atoms with van der Waals surface area (Å²) in [6.07, 6.45) is 5.24. The van der Waals surface area contributed by atoms with Crippen molar-refractivity contribution in [3.63, 3.8) is 0 Å². The fraction of sp³-hybridized carbons (Fsp3) is 0.750. The molecule has 0 aromatic rings. The molecule has 5 heteroatoms. The van der Waals surface area contributed by atoms with Crippen molar-refractivity contribution < 1.29 is 9.53 Å². The summed E-state index contributed by atoms with van der Waals surface area (Å²) in [5.41, 5.74) is 0.820. The summed E-state index contributed by atoms with van der Waals surface area (Å²) in [5, 5.41) is 0. The van der Waals surface area contributed by atoms with E-state index in [1.165, 1.54) is 20.0 Å². The van der Waals surface area contributed by atoms with Gasteiger partial charge in [-0.25, -0.2) is 4.79 Å². The van der Waals surface area contributed by atoms with Gasteiger partial charge in [-0.1, -0.05) is 52.1 Å². The molecule has 2 aliphatic heterocycles. The Kier molecular flexibility index (Phi) is 4.27. The lowest BCUT2D eigenvalue weighted by Gasteiger charge is -2.46. The second kappa shape index (κ2) is 5.22. The van der Waals surface area contributed by atoms with Crippen molar-refractivity contribution in [1.82, 2.24) is 4.90 Å². The molecule has 0 aromatic heterocycles. The molecule has 17 heavy (non-hydrogen) atoms. The molecule has 0 spiro atoms. The number of hydrogen-bond donors (Lipinski definition) is 0. The second-order valence-corrected chi connectivity index (χ2v) is 9.24. The first-order chi connectivity index (χ1) is 7.93. The Labute approximate surface area is 130 Å². The summed E-state index contributed by atoms with van der Waals surface area (Å²) in [7, 11) is 1.45. The van der Waals surface area contributed by atoms with Crippen molar-refractivity contribution in [3.8, 4) is 0 Å². The van der Waals surface area contributed by atoms with Crippen LogP contribution in [0.5, 0.6) is 0 Å². The first-order valence-corrected chi connectivity index (χ1v) is 8.13. The number of methoxy groups -OCH3 is 1. The summed E-state index contributed by atoms with van der Waals surface area (Å²) in [5.74, 6) is -0.173. The first-order valence-electron chi connectivity index (χ1n) is 5.81. The van der Waals surface area contributed by atoms with Crippen molar-refractivity contribution in [2.75, 3.05) is 13.7 Å². The maximum absolute atomic E-state index is 11.6. The fourth-order valence-electron chi connectivity index (χ4n) is 2.55. The van der Waals surface area contributed by atoms with Crippen LogP contribution in [0.25, 0.3) is 0 Å². The molecule has 2 rings (SSSR count). The largest absolute Gasteiger partial charge is 0.466 e. The highest BCUT2D eigenvalue weighted by atomic mass is 127. The van der Waals surface area contributed by atoms with E-state index in [1.54, 1.807) is 0 Å². The van der Waals surface area contributed by atoms with Crippen LogP contribution in [0.1, 0.15) is 26.2 Å². The summed E-state index contributed by atoms with van der Waals surface area (Å²) in [6.45, 7) is 3.37. The summed E-state index contributed by atoms with van der Waals surface area (Å²) in [4.78, 5) is 13.9. The molecule has 3 atom stereocenters. The third kappa shape index (κ3) is 3.08. The van der Waals surface area contributed by atoms with Crippen LogP contribution < -0.4 is 0 Å². The lowest BCUT2D eigenvalue weighted by molar-refractivity contribution is -0.136. The van der Waals surface area contributed by atoms with Gasteiger partial charge in [-0.15, -0.1) is 0 Å². The highest BCUT2D eigenvalue weighted by Crippen LogP contribution is 2.41. The van der Waals surface area contributed by atoms with Gasteiger partial charge >= 0.3 is 5.97 Å². The van der Waals surface area contributed by atoms with Crippen LogP contribution in [0.3, 0.4) is 0 Å². The molecule has 3 nitrogen and oxygen atoms in total. The van der Waals surface area contributed by atoms with Gasteiger partial charge in [-0.2, -0.15) is 0 Å². The van der Waals surface area contributed by atoms with Gasteiger partial charge in [-0.05, 0) is 19.3 Å². The lowest BCUT2D eigenvalue weighted by Crippen LogP contribution is -2.50. The Morgan fingerprint density at radius 2 is 2.35 bits per heavy atom. The number of nitrogens with zero attached hydrogens (tertiary/aromatic N) is 1. The van der Waals surface area contributed by atoms with Gasteiger partial charge < -0.3 is 9.64 Å². The Bertz CT molecular complexity index is 354. The normalized spacial score (nSPS) is 37.2. The van der Waals surface area contributed by atoms with Crippen LogP contribution in [-0.2, 0) is 9.53 Å². The molecule has 0 N–H and O–H groups in total. The van der Waals surface area contributed by atoms with Crippen LogP contribution in [0.2, 0.25) is 0 Å². The van der Waals surface area contributed by atoms with Gasteiger partial charge in [0.25, 0.3) is 0 Å². The van der Waals surface area contributed by atoms with Crippen molar-refractivity contribution in [2.45, 2.75) is 39.6 Å². The Hall–Kier alpha value is 0.470. The molecule has 0 aliphatic carbocycles. The molecule has 0 radical (unpaired) electrons. The zero-order valence-corrected chi connectivity index (χ0v) is 14.4. The number of ether oxygens (including phenoxy) is 1. The predicted octanol–water partition coefficient (Wildman–Crippen LogP) is 2.91. The SMILES string of the molecule is COC(=O)C1=CN2CCC(C)(I)C[C@@H]2[C@@H](I)C1. The van der Waals surface area contributed by atoms with Crippen LogP contribution in [0.4, 0.5) is 0 Å². The smallest absolute Gasteiger partial charge is 0.335 e. The molecular weight excluding hydrogens is 444 g/mol. The van der Waals surface area contributed by atoms with Gasteiger partial charge in [0.1, 0.15) is 0 Å². The fourth-order valence-corrected chi connectivity index (χ4v) is 4.38. The van der Waals surface area contributed by atoms with Gasteiger partial charge in [0.2, 0.25) is 0 Å². The van der Waals surface area contributed by atoms with E-state index >= 15 is 0 Å². The van der Waals surface area contributed by atoms with E-state index in [0.717, 1.165) is 18.5 Å². The molecule has 0 saturated carbocycles. The van der Waals surface area contributed by atoms with Crippen LogP contribution in [-0.4, -0.2) is 37.9 Å². The van der Waals surface area contributed by atoms with Crippen molar-refractivity contribution in [2.24, 2.45) is 0 Å². The number of halogens is 2. The Morgan fingerprint density at radius 1 is 1.65 bits per heavy atom. The lowest BCUT2D eigenvalue weighted by atomic mass is 9.87. The van der Waals surface area contributed by atoms with Crippen LogP contribution in [0, 0.1) is 0 Å². The van der Waals surface area contributed by atoms with Crippen LogP contribution >= 0.6 is 45.2 Å². The average molecular weight is 461 g/mol. The van der Waals surface area contributed by atoms with Crippen molar-refractivity contribution in [3.05, 3.63) is 11.8 Å². The minimum atomic E-state index is -0.173. The Balaban J connectivity index is 2.17. The number of fused-ring (bicyclic) bond motifs is 1. The van der Waals surface area contributed by atoms with Crippen LogP contribution in [0.15, 0.2) is 11.8 Å². The predicted molar refractivity (Wildman–Crippen MR) is 84.7 cm³/mol. The first kappa shape index (κ1) is 13.9. The highest BCUT2D eigenvalue weighted by molar-refractivity contribution is 14.1. The van der Waals surface area contributed by atoms with E-state index in [4.69, 9.17) is 4.74 Å². The number of piperidine rings is 1. The molecule has 1 saturated heterocycles. The topological polar surface area (TPSA) is 29.5 Å². The minimum Gasteiger partial charge on any atom is -0.466 e. The molecule has 1 unspecified atom stereocenters. The average Bonchev–Trinajstić information content (AvgIpc) is 2.28. The maximum atomic E-state index is 11.6. The summed E-state index contributed by atoms with van der Waals surface area (Å²) < 4.78 is 5.72. The molecule has 0 bridgehead atoms. The quantitative estimate of drug-likeness (QED) is 0.342. The van der Waals surface area contributed by atoms with Crippen molar-refractivity contribution in [1.29, 1.82) is 0 Å². The van der Waals surface area contributed by atoms with E-state index < -0.39 is 0 Å². The number of hydrogen-bond acceptors (Lipinski definition) is 3. The number of carbonyl (C=O) groups excluding carboxylic acids is 1. The zero-order valence-electron chi connectivity index (χ0n) is 10.1. The zero-order chi connectivity index (χ0) is 12.6. The van der Waals surface area contributed by atoms with E-state index in [1.807, 2.05) is 6.20 Å². The number of alkyl halides is 2. The number of rotatable bonds is 1. The van der Waals surface area contributed by atoms with E-state index in [0.29, 0.717) is 13.4 Å². The maximum Gasteiger partial charge on any atom is 0.335 e. The third-order valence-corrected chi connectivity index (χ3v) is 5.80. The summed E-state index contributed by atoms with van der Waals surface area (Å²) in [6, 6.07) is 0.569. The molecular formula is C12H17I2NO2. The van der Waals surface area contributed by atoms with Gasteiger partial charge in [0.15, 0.2) is 0 Å². The van der Waals surface area contributed by atoms with Gasteiger partial charge in [0, 0.05) is 26.1 Å². The molecule has 0 amide bonds. The van der Waals surface area contributed by atoms with E-state index in [2.05, 4.69) is 57.0 Å². The highest BCUT2D eigenvalue weighted by Gasteiger charge is 2.40. The summed E-state index contributed by atoms with van der Waals surface area (Å²) >= 11 is 5.05. The molecule has 96 valence electrons. The van der Waals surface area contributed by atoms with Gasteiger partial charge in [0.05, 0.1) is 12.7 Å². The second-order valence-electron chi connectivity index (χ2n) is 5.04. The molecule has 1 fully saturated rings. The number of carbonyl (C=O) groups is 1. The Morgan fingerprint density at radius 3 is 3.00 bits per heavy atom. The van der Waals surface area contributed by atoms with Crippen molar-refractivity contribution >= 4 is 51.2 Å². The molecule has 2 aliphatic rings. The van der Waals surface area contributed by atoms with E-state index in [9.17, 15) is 4.79 Å². The standard InChI is InChI=1S/C12H17I2NO2/c1-12(14)3-4-15-7-8(11(16)17-2)5-9(13)10(15)6-12/h7,9-10H,3-6H2,1-2H3/t9-,10+,12?/m0/s1. The van der Waals surface area contributed by atoms with E-state index in [-0.39, 0.29) is 5.97 Å². The third-order valence-electron chi connectivity index (χ3n) is 3.55. The molecule has 0 aromatic carbocycles.